The van der Waals surface area contributed by atoms with Crippen LogP contribution in [0.2, 0.25) is 0 Å². The molecule has 0 amide bonds. The average molecular weight is 219 g/mol. The summed E-state index contributed by atoms with van der Waals surface area (Å²) in [5.41, 5.74) is 2.37. The van der Waals surface area contributed by atoms with Gasteiger partial charge < -0.3 is 10.4 Å². The van der Waals surface area contributed by atoms with E-state index in [-0.39, 0.29) is 0 Å². The lowest BCUT2D eigenvalue weighted by Gasteiger charge is -2.11. The van der Waals surface area contributed by atoms with Gasteiger partial charge in [0.1, 0.15) is 0 Å². The highest BCUT2D eigenvalue weighted by atomic mass is 16.4. The molecule has 1 heterocycles. The maximum absolute atomic E-state index is 11.0. The van der Waals surface area contributed by atoms with Gasteiger partial charge in [-0.25, -0.2) is 4.79 Å². The summed E-state index contributed by atoms with van der Waals surface area (Å²) in [7, 11) is 0. The second-order valence-corrected chi connectivity index (χ2v) is 4.45. The van der Waals surface area contributed by atoms with Crippen molar-refractivity contribution < 1.29 is 9.90 Å². The minimum absolute atomic E-state index is 0.426. The van der Waals surface area contributed by atoms with Gasteiger partial charge in [-0.2, -0.15) is 0 Å². The molecule has 0 saturated carbocycles. The molecule has 1 aromatic carbocycles. The first-order valence-electron chi connectivity index (χ1n) is 5.73. The molecule has 0 aromatic heterocycles. The molecule has 0 spiro atoms. The number of carboxylic acids is 1. The van der Waals surface area contributed by atoms with Crippen molar-refractivity contribution >= 4 is 5.97 Å². The summed E-state index contributed by atoms with van der Waals surface area (Å²) >= 11 is 0. The summed E-state index contributed by atoms with van der Waals surface area (Å²) in [4.78, 5) is 11.0. The Balaban J connectivity index is 2.15. The van der Waals surface area contributed by atoms with Crippen molar-refractivity contribution in [1.82, 2.24) is 5.32 Å². The number of hydrogen-bond donors (Lipinski definition) is 2. The Labute approximate surface area is 95.5 Å². The number of carboxylic acid groups (broad SMARTS) is 1. The maximum Gasteiger partial charge on any atom is 0.335 e. The average Bonchev–Trinajstić information content (AvgIpc) is 2.73. The molecule has 3 heteroatoms. The van der Waals surface area contributed by atoms with Gasteiger partial charge >= 0.3 is 5.97 Å². The number of nitrogens with one attached hydrogen (secondary N) is 1. The highest BCUT2D eigenvalue weighted by molar-refractivity contribution is 5.89. The molecule has 0 radical (unpaired) electrons. The van der Waals surface area contributed by atoms with Crippen molar-refractivity contribution in [1.29, 1.82) is 0 Å². The second-order valence-electron chi connectivity index (χ2n) is 4.45. The van der Waals surface area contributed by atoms with E-state index in [1.54, 1.807) is 6.07 Å². The van der Waals surface area contributed by atoms with E-state index in [0.717, 1.165) is 24.1 Å². The number of benzene rings is 1. The van der Waals surface area contributed by atoms with Crippen LogP contribution in [0.1, 0.15) is 34.3 Å². The summed E-state index contributed by atoms with van der Waals surface area (Å²) in [6.07, 6.45) is 3.35. The molecule has 16 heavy (non-hydrogen) atoms. The summed E-state index contributed by atoms with van der Waals surface area (Å²) in [6.45, 7) is 2.92. The number of aryl methyl sites for hydroxylation is 1. The first-order chi connectivity index (χ1) is 7.66. The molecule has 1 aromatic rings. The zero-order chi connectivity index (χ0) is 11.5. The van der Waals surface area contributed by atoms with Gasteiger partial charge in [0.2, 0.25) is 0 Å². The van der Waals surface area contributed by atoms with Gasteiger partial charge in [-0.05, 0) is 49.9 Å². The van der Waals surface area contributed by atoms with Crippen LogP contribution in [0.25, 0.3) is 0 Å². The molecule has 0 bridgehead atoms. The molecule has 2 rings (SSSR count). The van der Waals surface area contributed by atoms with E-state index >= 15 is 0 Å². The Morgan fingerprint density at radius 2 is 2.38 bits per heavy atom. The Hall–Kier alpha value is -1.35. The monoisotopic (exact) mass is 219 g/mol. The van der Waals surface area contributed by atoms with Gasteiger partial charge in [-0.3, -0.25) is 0 Å². The summed E-state index contributed by atoms with van der Waals surface area (Å²) in [5, 5.41) is 12.5. The third-order valence-corrected chi connectivity index (χ3v) is 3.18. The lowest BCUT2D eigenvalue weighted by Crippen LogP contribution is -2.23. The van der Waals surface area contributed by atoms with Crippen molar-refractivity contribution in [2.24, 2.45) is 0 Å². The minimum atomic E-state index is -0.835. The molecule has 1 saturated heterocycles. The van der Waals surface area contributed by atoms with Crippen molar-refractivity contribution in [2.75, 3.05) is 6.54 Å². The number of aromatic carboxylic acids is 1. The van der Waals surface area contributed by atoms with Crippen LogP contribution in [0, 0.1) is 6.92 Å². The lowest BCUT2D eigenvalue weighted by atomic mass is 9.99. The topological polar surface area (TPSA) is 49.3 Å². The number of rotatable bonds is 3. The quantitative estimate of drug-likeness (QED) is 0.817. The third-order valence-electron chi connectivity index (χ3n) is 3.18. The lowest BCUT2D eigenvalue weighted by molar-refractivity contribution is 0.0696. The fourth-order valence-corrected chi connectivity index (χ4v) is 2.24. The first kappa shape index (κ1) is 11.1. The zero-order valence-electron chi connectivity index (χ0n) is 9.49. The predicted octanol–water partition coefficient (Wildman–Crippen LogP) is 1.99. The zero-order valence-corrected chi connectivity index (χ0v) is 9.49. The summed E-state index contributed by atoms with van der Waals surface area (Å²) in [6, 6.07) is 6.25. The van der Waals surface area contributed by atoms with Crippen molar-refractivity contribution in [3.63, 3.8) is 0 Å². The van der Waals surface area contributed by atoms with Crippen molar-refractivity contribution in [3.05, 3.63) is 34.9 Å². The smallest absolute Gasteiger partial charge is 0.335 e. The maximum atomic E-state index is 11.0. The van der Waals surface area contributed by atoms with Gasteiger partial charge in [0.15, 0.2) is 0 Å². The standard InChI is InChI=1S/C13H17NO2/c1-9-4-5-10(8-12(9)13(15)16)7-11-3-2-6-14-11/h4-5,8,11,14H,2-3,6-7H2,1H3,(H,15,16). The van der Waals surface area contributed by atoms with E-state index in [1.807, 2.05) is 19.1 Å². The van der Waals surface area contributed by atoms with Crippen LogP contribution < -0.4 is 5.32 Å². The Kier molecular flexibility index (Phi) is 3.25. The van der Waals surface area contributed by atoms with Gasteiger partial charge in [0.25, 0.3) is 0 Å². The van der Waals surface area contributed by atoms with E-state index < -0.39 is 5.97 Å². The first-order valence-corrected chi connectivity index (χ1v) is 5.73. The molecule has 3 nitrogen and oxygen atoms in total. The summed E-state index contributed by atoms with van der Waals surface area (Å²) < 4.78 is 0. The molecule has 1 aliphatic heterocycles. The van der Waals surface area contributed by atoms with Gasteiger partial charge in [-0.15, -0.1) is 0 Å². The molecule has 0 aliphatic carbocycles. The number of hydrogen-bond acceptors (Lipinski definition) is 2. The van der Waals surface area contributed by atoms with Crippen molar-refractivity contribution in [3.8, 4) is 0 Å². The molecular weight excluding hydrogens is 202 g/mol. The SMILES string of the molecule is Cc1ccc(CC2CCCN2)cc1C(=O)O. The van der Waals surface area contributed by atoms with E-state index in [1.165, 1.54) is 12.8 Å². The Morgan fingerprint density at radius 3 is 3.00 bits per heavy atom. The Bertz CT molecular complexity index is 395. The van der Waals surface area contributed by atoms with Gasteiger partial charge in [0.05, 0.1) is 5.56 Å². The molecule has 1 unspecified atom stereocenters. The van der Waals surface area contributed by atoms with Crippen LogP contribution in [-0.2, 0) is 6.42 Å². The van der Waals surface area contributed by atoms with Crippen LogP contribution in [0.15, 0.2) is 18.2 Å². The normalized spacial score (nSPS) is 19.9. The highest BCUT2D eigenvalue weighted by Crippen LogP contribution is 2.16. The van der Waals surface area contributed by atoms with Crippen LogP contribution in [-0.4, -0.2) is 23.7 Å². The highest BCUT2D eigenvalue weighted by Gasteiger charge is 2.15. The second kappa shape index (κ2) is 4.66. The molecular formula is C13H17NO2. The van der Waals surface area contributed by atoms with Gasteiger partial charge in [0, 0.05) is 6.04 Å². The minimum Gasteiger partial charge on any atom is -0.478 e. The number of carbonyl (C=O) groups is 1. The molecule has 1 atom stereocenters. The molecule has 1 aliphatic rings. The molecule has 1 fully saturated rings. The molecule has 2 N–H and O–H groups in total. The van der Waals surface area contributed by atoms with Crippen LogP contribution in [0.4, 0.5) is 0 Å². The Morgan fingerprint density at radius 1 is 1.56 bits per heavy atom. The van der Waals surface area contributed by atoms with E-state index in [9.17, 15) is 4.79 Å². The summed E-state index contributed by atoms with van der Waals surface area (Å²) in [5.74, 6) is -0.835. The molecule has 86 valence electrons. The van der Waals surface area contributed by atoms with Crippen LogP contribution in [0.5, 0.6) is 0 Å². The van der Waals surface area contributed by atoms with E-state index in [0.29, 0.717) is 11.6 Å². The van der Waals surface area contributed by atoms with E-state index in [2.05, 4.69) is 5.32 Å². The van der Waals surface area contributed by atoms with Crippen LogP contribution in [0.3, 0.4) is 0 Å². The van der Waals surface area contributed by atoms with Crippen LogP contribution >= 0.6 is 0 Å². The van der Waals surface area contributed by atoms with Crippen molar-refractivity contribution in [2.45, 2.75) is 32.2 Å². The fraction of sp³-hybridized carbons (Fsp3) is 0.462. The fourth-order valence-electron chi connectivity index (χ4n) is 2.24. The predicted molar refractivity (Wildman–Crippen MR) is 62.9 cm³/mol. The van der Waals surface area contributed by atoms with E-state index in [4.69, 9.17) is 5.11 Å². The third kappa shape index (κ3) is 2.42. The van der Waals surface area contributed by atoms with Gasteiger partial charge in [-0.1, -0.05) is 12.1 Å². The largest absolute Gasteiger partial charge is 0.478 e.